The molecule has 0 atom stereocenters. The summed E-state index contributed by atoms with van der Waals surface area (Å²) in [5.74, 6) is -0.595. The highest BCUT2D eigenvalue weighted by Crippen LogP contribution is 2.34. The monoisotopic (exact) mass is 610 g/mol. The van der Waals surface area contributed by atoms with E-state index in [1.54, 1.807) is 33.1 Å². The molecule has 0 aliphatic carbocycles. The Kier molecular flexibility index (Phi) is 8.01. The van der Waals surface area contributed by atoms with Crippen LogP contribution in [0.4, 0.5) is 18.9 Å². The number of imidazole rings is 1. The Morgan fingerprint density at radius 2 is 1.91 bits per heavy atom. The minimum absolute atomic E-state index is 0.123. The fourth-order valence-corrected chi connectivity index (χ4v) is 7.11. The molecule has 0 spiro atoms. The zero-order chi connectivity index (χ0) is 30.3. The largest absolute Gasteiger partial charge is 0.416 e. The number of likely N-dealkylation sites (tertiary alicyclic amines) is 1. The Balaban J connectivity index is 1.16. The molecular formula is C31H33F3N6O2S. The van der Waals surface area contributed by atoms with Crippen LogP contribution in [0.1, 0.15) is 55.3 Å². The van der Waals surface area contributed by atoms with Crippen LogP contribution in [-0.4, -0.2) is 75.7 Å². The second kappa shape index (κ2) is 11.7. The first-order valence-electron chi connectivity index (χ1n) is 14.3. The summed E-state index contributed by atoms with van der Waals surface area (Å²) < 4.78 is 43.2. The van der Waals surface area contributed by atoms with Crippen LogP contribution in [-0.2, 0) is 25.7 Å². The molecular weight excluding hydrogens is 577 g/mol. The number of benzene rings is 1. The van der Waals surface area contributed by atoms with E-state index in [0.717, 1.165) is 42.4 Å². The summed E-state index contributed by atoms with van der Waals surface area (Å²) in [6.07, 6.45) is 1.22. The van der Waals surface area contributed by atoms with Gasteiger partial charge in [-0.25, -0.2) is 4.98 Å². The third kappa shape index (κ3) is 6.17. The molecule has 1 aromatic carbocycles. The number of amides is 2. The van der Waals surface area contributed by atoms with E-state index in [9.17, 15) is 22.8 Å². The third-order valence-corrected chi connectivity index (χ3v) is 9.40. The molecule has 4 aromatic rings. The average Bonchev–Trinajstić information content (AvgIpc) is 3.61. The van der Waals surface area contributed by atoms with Gasteiger partial charge in [0.25, 0.3) is 11.8 Å². The number of nitrogens with one attached hydrogen (secondary N) is 1. The van der Waals surface area contributed by atoms with Crippen LogP contribution in [0, 0.1) is 0 Å². The average molecular weight is 611 g/mol. The molecule has 226 valence electrons. The molecule has 1 saturated heterocycles. The summed E-state index contributed by atoms with van der Waals surface area (Å²) in [5, 5.41) is 4.46. The second-order valence-electron chi connectivity index (χ2n) is 11.4. The lowest BCUT2D eigenvalue weighted by molar-refractivity contribution is -0.137. The molecule has 5 heterocycles. The van der Waals surface area contributed by atoms with Gasteiger partial charge in [-0.15, -0.1) is 11.3 Å². The molecule has 3 aromatic heterocycles. The Morgan fingerprint density at radius 3 is 2.65 bits per heavy atom. The maximum atomic E-state index is 13.8. The van der Waals surface area contributed by atoms with E-state index in [1.807, 2.05) is 32.3 Å². The van der Waals surface area contributed by atoms with Gasteiger partial charge >= 0.3 is 6.18 Å². The van der Waals surface area contributed by atoms with E-state index in [4.69, 9.17) is 0 Å². The molecule has 1 N–H and O–H groups in total. The fourth-order valence-electron chi connectivity index (χ4n) is 6.01. The Morgan fingerprint density at radius 1 is 1.12 bits per heavy atom. The Labute approximate surface area is 251 Å². The van der Waals surface area contributed by atoms with Gasteiger partial charge in [-0.05, 0) is 87.9 Å². The van der Waals surface area contributed by atoms with Crippen LogP contribution in [0.25, 0.3) is 5.65 Å². The number of anilines is 1. The van der Waals surface area contributed by atoms with Crippen molar-refractivity contribution in [3.63, 3.8) is 0 Å². The van der Waals surface area contributed by atoms with E-state index in [2.05, 4.69) is 20.1 Å². The summed E-state index contributed by atoms with van der Waals surface area (Å²) in [7, 11) is 4.09. The molecule has 0 unspecified atom stereocenters. The smallest absolute Gasteiger partial charge is 0.332 e. The first-order chi connectivity index (χ1) is 20.6. The number of rotatable bonds is 6. The van der Waals surface area contributed by atoms with Gasteiger partial charge in [0.2, 0.25) is 0 Å². The van der Waals surface area contributed by atoms with Crippen LogP contribution < -0.4 is 5.32 Å². The molecule has 2 amide bonds. The molecule has 2 aliphatic rings. The van der Waals surface area contributed by atoms with Crippen LogP contribution >= 0.6 is 11.3 Å². The quantitative estimate of drug-likeness (QED) is 0.317. The Bertz CT molecular complexity index is 1650. The zero-order valence-corrected chi connectivity index (χ0v) is 24.8. The summed E-state index contributed by atoms with van der Waals surface area (Å²) in [6, 6.07) is 9.81. The highest BCUT2D eigenvalue weighted by atomic mass is 32.1. The van der Waals surface area contributed by atoms with Gasteiger partial charge < -0.3 is 15.1 Å². The highest BCUT2D eigenvalue weighted by Gasteiger charge is 2.33. The number of carbonyl (C=O) groups is 2. The SMILES string of the molecule is CN(C)C1CCN(Cc2cc(NC(=O)c3csc4c3CCN(C(=O)c3cnc5ccccn35)C4)cc(C(F)(F)F)c2)CC1. The number of pyridine rings is 1. The minimum Gasteiger partial charge on any atom is -0.332 e. The van der Waals surface area contributed by atoms with E-state index < -0.39 is 17.6 Å². The molecule has 1 fully saturated rings. The lowest BCUT2D eigenvalue weighted by Gasteiger charge is -2.35. The summed E-state index contributed by atoms with van der Waals surface area (Å²) in [4.78, 5) is 37.9. The van der Waals surface area contributed by atoms with E-state index in [0.29, 0.717) is 54.6 Å². The number of piperidine rings is 1. The van der Waals surface area contributed by atoms with E-state index in [1.165, 1.54) is 17.4 Å². The molecule has 43 heavy (non-hydrogen) atoms. The van der Waals surface area contributed by atoms with Gasteiger partial charge in [0, 0.05) is 41.3 Å². The van der Waals surface area contributed by atoms with Gasteiger partial charge in [-0.1, -0.05) is 6.07 Å². The van der Waals surface area contributed by atoms with Crippen LogP contribution in [0.2, 0.25) is 0 Å². The van der Waals surface area contributed by atoms with Crippen molar-refractivity contribution in [1.29, 1.82) is 0 Å². The number of nitrogens with zero attached hydrogens (tertiary/aromatic N) is 5. The van der Waals surface area contributed by atoms with Crippen molar-refractivity contribution in [2.24, 2.45) is 0 Å². The zero-order valence-electron chi connectivity index (χ0n) is 24.0. The third-order valence-electron chi connectivity index (χ3n) is 8.39. The summed E-state index contributed by atoms with van der Waals surface area (Å²) in [6.45, 7) is 2.76. The summed E-state index contributed by atoms with van der Waals surface area (Å²) in [5.41, 5.74) is 2.28. The second-order valence-corrected chi connectivity index (χ2v) is 12.4. The number of aromatic nitrogens is 2. The van der Waals surface area contributed by atoms with Crippen molar-refractivity contribution in [2.45, 2.75) is 44.6 Å². The predicted octanol–water partition coefficient (Wildman–Crippen LogP) is 5.39. The Hall–Kier alpha value is -3.74. The van der Waals surface area contributed by atoms with Gasteiger partial charge in [0.15, 0.2) is 0 Å². The highest BCUT2D eigenvalue weighted by molar-refractivity contribution is 7.10. The number of thiophene rings is 1. The van der Waals surface area contributed by atoms with Gasteiger partial charge in [0.1, 0.15) is 11.3 Å². The van der Waals surface area contributed by atoms with Gasteiger partial charge in [0.05, 0.1) is 23.9 Å². The molecule has 0 saturated carbocycles. The normalized spacial score (nSPS) is 16.6. The van der Waals surface area contributed by atoms with Crippen molar-refractivity contribution in [3.8, 4) is 0 Å². The molecule has 12 heteroatoms. The number of hydrogen-bond donors (Lipinski definition) is 1. The van der Waals surface area contributed by atoms with E-state index in [-0.39, 0.29) is 11.6 Å². The van der Waals surface area contributed by atoms with Crippen LogP contribution in [0.15, 0.2) is 54.2 Å². The van der Waals surface area contributed by atoms with Crippen molar-refractivity contribution in [2.75, 3.05) is 39.0 Å². The number of hydrogen-bond acceptors (Lipinski definition) is 6. The lowest BCUT2D eigenvalue weighted by Crippen LogP contribution is -2.41. The molecule has 8 nitrogen and oxygen atoms in total. The number of carbonyl (C=O) groups excluding carboxylic acids is 2. The van der Waals surface area contributed by atoms with Crippen LogP contribution in [0.5, 0.6) is 0 Å². The van der Waals surface area contributed by atoms with Crippen molar-refractivity contribution in [1.82, 2.24) is 24.1 Å². The number of halogens is 3. The maximum Gasteiger partial charge on any atom is 0.416 e. The molecule has 2 aliphatic heterocycles. The molecule has 0 radical (unpaired) electrons. The van der Waals surface area contributed by atoms with Crippen LogP contribution in [0.3, 0.4) is 0 Å². The fraction of sp³-hybridized carbons (Fsp3) is 0.387. The van der Waals surface area contributed by atoms with Crippen molar-refractivity contribution >= 4 is 34.5 Å². The first kappa shape index (κ1) is 29.3. The molecule has 0 bridgehead atoms. The molecule has 6 rings (SSSR count). The van der Waals surface area contributed by atoms with Crippen molar-refractivity contribution < 1.29 is 22.8 Å². The maximum absolute atomic E-state index is 13.8. The standard InChI is InChI=1S/C31H33F3N6O2S/c1-37(2)23-6-10-38(11-7-23)17-20-13-21(31(32,33)34)15-22(14-20)36-29(41)25-19-43-27-18-39(12-8-24(25)27)30(42)26-16-35-28-5-3-4-9-40(26)28/h3-5,9,13-16,19,23H,6-8,10-12,17-18H2,1-2H3,(H,36,41). The lowest BCUT2D eigenvalue weighted by atomic mass is 10.0. The van der Waals surface area contributed by atoms with Gasteiger partial charge in [-0.3, -0.25) is 18.9 Å². The first-order valence-corrected chi connectivity index (χ1v) is 15.2. The predicted molar refractivity (Wildman–Crippen MR) is 159 cm³/mol. The summed E-state index contributed by atoms with van der Waals surface area (Å²) >= 11 is 1.38. The van der Waals surface area contributed by atoms with E-state index >= 15 is 0 Å². The van der Waals surface area contributed by atoms with Gasteiger partial charge in [-0.2, -0.15) is 13.2 Å². The minimum atomic E-state index is -4.54. The van der Waals surface area contributed by atoms with Crippen molar-refractivity contribution in [3.05, 3.63) is 87.0 Å². The topological polar surface area (TPSA) is 73.2 Å². The number of alkyl halides is 3. The number of fused-ring (bicyclic) bond motifs is 2.